The van der Waals surface area contributed by atoms with Gasteiger partial charge in [0.2, 0.25) is 0 Å². The Balaban J connectivity index is 0.914. The number of carbonyl (C=O) groups is 2. The fourth-order valence-electron chi connectivity index (χ4n) is 13.1. The average molecular weight is 902 g/mol. The Morgan fingerprint density at radius 3 is 1.97 bits per heavy atom. The lowest BCUT2D eigenvalue weighted by Crippen LogP contribution is -2.75. The summed E-state index contributed by atoms with van der Waals surface area (Å²) in [7, 11) is 4.86. The van der Waals surface area contributed by atoms with Crippen molar-refractivity contribution >= 4 is 11.8 Å². The van der Waals surface area contributed by atoms with Gasteiger partial charge in [-0.1, -0.05) is 25.5 Å². The lowest BCUT2D eigenvalue weighted by atomic mass is 9.43. The number of fused-ring (bicyclic) bond motifs is 5. The monoisotopic (exact) mass is 901 g/mol. The Bertz CT molecular complexity index is 1850. The summed E-state index contributed by atoms with van der Waals surface area (Å²) in [6.45, 7) is 11.2. The molecular formula is C48H71NO15. The number of rotatable bonds is 12. The smallest absolute Gasteiger partial charge is 0.339 e. The van der Waals surface area contributed by atoms with Crippen molar-refractivity contribution in [1.82, 2.24) is 4.98 Å². The van der Waals surface area contributed by atoms with E-state index in [0.29, 0.717) is 51.4 Å². The summed E-state index contributed by atoms with van der Waals surface area (Å²) in [6.07, 6.45) is 2.54. The maximum Gasteiger partial charge on any atom is 0.339 e. The van der Waals surface area contributed by atoms with E-state index in [0.717, 1.165) is 5.57 Å². The maximum absolute atomic E-state index is 13.6. The zero-order chi connectivity index (χ0) is 45.9. The molecular weight excluding hydrogens is 831 g/mol. The standard InChI is InChI=1S/C48H71NO15/c1-25(50)32-14-17-48(54)46(32,6)37(62-44(52)29-11-10-18-49-24-29)23-36-45(5)15-13-31(19-30(45)12-16-47(36,48)53)61-38-21-34(56-8)42(27(3)59-38)64-40-22-35(57-9)43(28(4)60-40)63-39-20-33(55-7)41(51)26(2)58-39/h10-12,18,24,26-28,31-43,51,53-54H,13-17,19-23H2,1-9H3. The molecule has 20 unspecified atom stereocenters. The molecule has 6 fully saturated rings. The number of nitrogens with zero attached hydrogens (tertiary/aromatic N) is 1. The van der Waals surface area contributed by atoms with Crippen LogP contribution >= 0.6 is 0 Å². The second-order valence-corrected chi connectivity index (χ2v) is 20.1. The van der Waals surface area contributed by atoms with E-state index in [4.69, 9.17) is 47.4 Å². The molecule has 4 heterocycles. The van der Waals surface area contributed by atoms with Crippen LogP contribution in [0.15, 0.2) is 36.2 Å². The second-order valence-electron chi connectivity index (χ2n) is 20.1. The lowest BCUT2D eigenvalue weighted by molar-refractivity contribution is -0.338. The van der Waals surface area contributed by atoms with Crippen LogP contribution in [0.4, 0.5) is 0 Å². The van der Waals surface area contributed by atoms with Crippen molar-refractivity contribution in [2.45, 2.75) is 203 Å². The van der Waals surface area contributed by atoms with Gasteiger partial charge in [0, 0.05) is 70.2 Å². The largest absolute Gasteiger partial charge is 0.458 e. The van der Waals surface area contributed by atoms with Gasteiger partial charge in [0.25, 0.3) is 0 Å². The molecule has 3 saturated heterocycles. The zero-order valence-electron chi connectivity index (χ0n) is 38.9. The van der Waals surface area contributed by atoms with Crippen LogP contribution in [0.5, 0.6) is 0 Å². The predicted octanol–water partition coefficient (Wildman–Crippen LogP) is 4.58. The quantitative estimate of drug-likeness (QED) is 0.194. The van der Waals surface area contributed by atoms with Crippen LogP contribution in [0.25, 0.3) is 0 Å². The van der Waals surface area contributed by atoms with E-state index in [9.17, 15) is 24.9 Å². The van der Waals surface area contributed by atoms with Gasteiger partial charge in [-0.2, -0.15) is 0 Å². The minimum atomic E-state index is -1.68. The van der Waals surface area contributed by atoms with Crippen molar-refractivity contribution in [3.63, 3.8) is 0 Å². The zero-order valence-corrected chi connectivity index (χ0v) is 38.9. The van der Waals surface area contributed by atoms with Gasteiger partial charge in [0.1, 0.15) is 41.4 Å². The van der Waals surface area contributed by atoms with Gasteiger partial charge in [0.05, 0.1) is 48.3 Å². The highest BCUT2D eigenvalue weighted by atomic mass is 16.7. The highest BCUT2D eigenvalue weighted by molar-refractivity contribution is 5.89. The minimum Gasteiger partial charge on any atom is -0.458 e. The molecule has 3 N–H and O–H groups in total. The van der Waals surface area contributed by atoms with E-state index in [-0.39, 0.29) is 42.5 Å². The van der Waals surface area contributed by atoms with Crippen LogP contribution in [0, 0.1) is 22.7 Å². The molecule has 1 aromatic heterocycles. The molecule has 4 aliphatic carbocycles. The summed E-state index contributed by atoms with van der Waals surface area (Å²) >= 11 is 0. The number of esters is 1. The number of hydrogen-bond donors (Lipinski definition) is 3. The Labute approximate surface area is 376 Å². The van der Waals surface area contributed by atoms with Crippen molar-refractivity contribution in [2.75, 3.05) is 21.3 Å². The summed E-state index contributed by atoms with van der Waals surface area (Å²) in [4.78, 5) is 30.9. The summed E-state index contributed by atoms with van der Waals surface area (Å²) in [5.74, 6) is -1.70. The van der Waals surface area contributed by atoms with E-state index in [1.807, 2.05) is 20.8 Å². The highest BCUT2D eigenvalue weighted by Gasteiger charge is 2.77. The van der Waals surface area contributed by atoms with Crippen molar-refractivity contribution in [3.8, 4) is 0 Å². The Morgan fingerprint density at radius 2 is 1.39 bits per heavy atom. The van der Waals surface area contributed by atoms with Crippen molar-refractivity contribution in [1.29, 1.82) is 0 Å². The van der Waals surface area contributed by atoms with Gasteiger partial charge in [-0.15, -0.1) is 0 Å². The number of ether oxygens (including phenoxy) is 10. The van der Waals surface area contributed by atoms with Gasteiger partial charge in [0.15, 0.2) is 18.9 Å². The second kappa shape index (κ2) is 18.6. The average Bonchev–Trinajstić information content (AvgIpc) is 3.57. The predicted molar refractivity (Wildman–Crippen MR) is 227 cm³/mol. The normalized spacial score (nSPS) is 48.0. The summed E-state index contributed by atoms with van der Waals surface area (Å²) < 4.78 is 62.3. The van der Waals surface area contributed by atoms with Gasteiger partial charge in [-0.05, 0) is 90.2 Å². The van der Waals surface area contributed by atoms with Crippen molar-refractivity contribution in [3.05, 3.63) is 41.7 Å². The summed E-state index contributed by atoms with van der Waals surface area (Å²) in [5, 5.41) is 36.2. The highest BCUT2D eigenvalue weighted by Crippen LogP contribution is 2.70. The van der Waals surface area contributed by atoms with Crippen LogP contribution in [-0.4, -0.2) is 151 Å². The van der Waals surface area contributed by atoms with E-state index < -0.39 is 108 Å². The Kier molecular flexibility index (Phi) is 13.9. The third-order valence-corrected chi connectivity index (χ3v) is 16.8. The van der Waals surface area contributed by atoms with E-state index in [1.165, 1.54) is 13.1 Å². The topological polar surface area (TPSA) is 200 Å². The Morgan fingerprint density at radius 1 is 0.797 bits per heavy atom. The third kappa shape index (κ3) is 8.22. The van der Waals surface area contributed by atoms with E-state index >= 15 is 0 Å². The summed E-state index contributed by atoms with van der Waals surface area (Å²) in [6, 6.07) is 3.30. The number of methoxy groups -OCH3 is 3. The van der Waals surface area contributed by atoms with E-state index in [1.54, 1.807) is 46.6 Å². The first kappa shape index (κ1) is 48.0. The first-order valence-electron chi connectivity index (χ1n) is 23.4. The maximum atomic E-state index is 13.6. The molecule has 0 bridgehead atoms. The van der Waals surface area contributed by atoms with Gasteiger partial charge in [-0.3, -0.25) is 9.78 Å². The minimum absolute atomic E-state index is 0.0905. The number of aromatic nitrogens is 1. The molecule has 3 saturated carbocycles. The molecule has 0 spiro atoms. The van der Waals surface area contributed by atoms with Crippen LogP contribution < -0.4 is 0 Å². The number of carbonyl (C=O) groups excluding carboxylic acids is 2. The molecule has 16 nitrogen and oxygen atoms in total. The molecule has 3 aliphatic heterocycles. The number of hydrogen-bond acceptors (Lipinski definition) is 16. The number of Topliss-reactive ketones (excluding diaryl/α,β-unsaturated/α-hetero) is 1. The molecule has 0 aromatic carbocycles. The lowest BCUT2D eigenvalue weighted by Gasteiger charge is -2.66. The molecule has 358 valence electrons. The first-order valence-corrected chi connectivity index (χ1v) is 23.4. The van der Waals surface area contributed by atoms with Crippen LogP contribution in [-0.2, 0) is 52.2 Å². The molecule has 64 heavy (non-hydrogen) atoms. The van der Waals surface area contributed by atoms with E-state index in [2.05, 4.69) is 18.0 Å². The van der Waals surface area contributed by atoms with Gasteiger partial charge in [-0.25, -0.2) is 4.79 Å². The van der Waals surface area contributed by atoms with Crippen molar-refractivity contribution < 1.29 is 72.3 Å². The first-order chi connectivity index (χ1) is 30.4. The van der Waals surface area contributed by atoms with Crippen LogP contribution in [0.3, 0.4) is 0 Å². The third-order valence-electron chi connectivity index (χ3n) is 16.8. The number of aliphatic hydroxyl groups excluding tert-OH is 1. The molecule has 20 atom stereocenters. The molecule has 16 heteroatoms. The number of aliphatic hydroxyl groups is 3. The fourth-order valence-corrected chi connectivity index (χ4v) is 13.1. The Hall–Kier alpha value is -2.45. The van der Waals surface area contributed by atoms with Crippen LogP contribution in [0.2, 0.25) is 0 Å². The van der Waals surface area contributed by atoms with Gasteiger partial charge < -0.3 is 62.7 Å². The fraction of sp³-hybridized carbons (Fsp3) is 0.812. The van der Waals surface area contributed by atoms with Crippen LogP contribution in [0.1, 0.15) is 116 Å². The number of ketones is 1. The van der Waals surface area contributed by atoms with Gasteiger partial charge >= 0.3 is 5.97 Å². The molecule has 0 radical (unpaired) electrons. The molecule has 7 aliphatic rings. The van der Waals surface area contributed by atoms with Crippen molar-refractivity contribution in [2.24, 2.45) is 22.7 Å². The SMILES string of the molecule is COC1CC(OC2C(C)OC(OC3C(C)OC(OC4CCC5(C)C(=CCC6(O)C5CC(OC(=O)c5cccnc5)C5(C)C(C(C)=O)CCC65O)C4)CC3OC)CC2OC)OC(C)C1O. The summed E-state index contributed by atoms with van der Waals surface area (Å²) in [5.41, 5.74) is -3.54. The molecule has 8 rings (SSSR count). The molecule has 1 aromatic rings. The molecule has 0 amide bonds. The number of pyridine rings is 1.